The van der Waals surface area contributed by atoms with Crippen molar-refractivity contribution < 1.29 is 27.1 Å². The number of rotatable bonds is 11. The Hall–Kier alpha value is -2.65. The predicted molar refractivity (Wildman–Crippen MR) is 118 cm³/mol. The van der Waals surface area contributed by atoms with Crippen LogP contribution in [0.5, 0.6) is 11.5 Å². The van der Waals surface area contributed by atoms with Gasteiger partial charge in [-0.15, -0.1) is 0 Å². The minimum Gasteiger partial charge on any atom is -0.497 e. The third-order valence-corrected chi connectivity index (χ3v) is 6.76. The van der Waals surface area contributed by atoms with Gasteiger partial charge in [0.15, 0.2) is 0 Å². The normalized spacial score (nSPS) is 11.4. The molecule has 9 heteroatoms. The largest absolute Gasteiger partial charge is 0.497 e. The summed E-state index contributed by atoms with van der Waals surface area (Å²) in [5, 5.41) is 2.61. The second-order valence-corrected chi connectivity index (χ2v) is 8.69. The maximum atomic E-state index is 14.4. The number of methoxy groups -OCH3 is 1. The van der Waals surface area contributed by atoms with Crippen LogP contribution in [0.4, 0.5) is 10.1 Å². The van der Waals surface area contributed by atoms with E-state index in [-0.39, 0.29) is 23.5 Å². The zero-order valence-corrected chi connectivity index (χ0v) is 19.1. The van der Waals surface area contributed by atoms with Gasteiger partial charge in [0, 0.05) is 19.2 Å². The summed E-state index contributed by atoms with van der Waals surface area (Å²) < 4.78 is 52.1. The van der Waals surface area contributed by atoms with E-state index < -0.39 is 21.7 Å². The van der Waals surface area contributed by atoms with Gasteiger partial charge in [-0.1, -0.05) is 27.2 Å². The topological polar surface area (TPSA) is 84.9 Å². The fourth-order valence-corrected chi connectivity index (χ4v) is 4.41. The van der Waals surface area contributed by atoms with E-state index in [4.69, 9.17) is 9.47 Å². The molecule has 170 valence electrons. The summed E-state index contributed by atoms with van der Waals surface area (Å²) in [5.74, 6) is -0.721. The second kappa shape index (κ2) is 11.1. The van der Waals surface area contributed by atoms with Crippen LogP contribution in [0.25, 0.3) is 0 Å². The maximum absolute atomic E-state index is 14.4. The number of carbonyl (C=O) groups excluding carboxylic acids is 1. The Labute approximate surface area is 183 Å². The molecule has 0 aliphatic rings. The molecule has 0 aromatic heterocycles. The van der Waals surface area contributed by atoms with E-state index >= 15 is 0 Å². The highest BCUT2D eigenvalue weighted by Crippen LogP contribution is 2.30. The number of hydrogen-bond donors (Lipinski definition) is 1. The number of benzene rings is 2. The smallest absolute Gasteiger partial charge is 0.258 e. The zero-order valence-electron chi connectivity index (χ0n) is 18.3. The predicted octanol–water partition coefficient (Wildman–Crippen LogP) is 4.30. The Balaban J connectivity index is 2.38. The summed E-state index contributed by atoms with van der Waals surface area (Å²) in [5.41, 5.74) is -0.0765. The first-order chi connectivity index (χ1) is 14.8. The van der Waals surface area contributed by atoms with E-state index in [1.54, 1.807) is 32.0 Å². The molecule has 0 spiro atoms. The number of ether oxygens (including phenoxy) is 2. The summed E-state index contributed by atoms with van der Waals surface area (Å²) in [4.78, 5) is 12.7. The van der Waals surface area contributed by atoms with Gasteiger partial charge in [0.25, 0.3) is 5.91 Å². The molecule has 2 aromatic rings. The van der Waals surface area contributed by atoms with Crippen LogP contribution in [-0.4, -0.2) is 45.4 Å². The van der Waals surface area contributed by atoms with Crippen molar-refractivity contribution in [3.63, 3.8) is 0 Å². The van der Waals surface area contributed by atoms with Crippen molar-refractivity contribution >= 4 is 21.6 Å². The number of amides is 1. The minimum atomic E-state index is -3.84. The zero-order chi connectivity index (χ0) is 23.0. The van der Waals surface area contributed by atoms with E-state index in [2.05, 4.69) is 5.32 Å². The molecule has 0 aliphatic heterocycles. The molecule has 2 aromatic carbocycles. The van der Waals surface area contributed by atoms with Gasteiger partial charge in [-0.25, -0.2) is 12.8 Å². The summed E-state index contributed by atoms with van der Waals surface area (Å²) in [6, 6.07) is 8.10. The van der Waals surface area contributed by atoms with E-state index in [0.717, 1.165) is 31.0 Å². The Morgan fingerprint density at radius 1 is 1.10 bits per heavy atom. The molecule has 2 rings (SSSR count). The molecular formula is C22H29FN2O5S. The van der Waals surface area contributed by atoms with Gasteiger partial charge < -0.3 is 14.8 Å². The molecule has 0 fully saturated rings. The van der Waals surface area contributed by atoms with E-state index in [1.807, 2.05) is 6.92 Å². The average molecular weight is 453 g/mol. The van der Waals surface area contributed by atoms with Crippen LogP contribution < -0.4 is 14.8 Å². The summed E-state index contributed by atoms with van der Waals surface area (Å²) in [6.07, 6.45) is 1.77. The Bertz CT molecular complexity index is 1010. The molecule has 0 aliphatic carbocycles. The summed E-state index contributed by atoms with van der Waals surface area (Å²) >= 11 is 0. The first kappa shape index (κ1) is 24.6. The second-order valence-electron chi connectivity index (χ2n) is 6.75. The van der Waals surface area contributed by atoms with Gasteiger partial charge >= 0.3 is 0 Å². The number of unbranched alkanes of at least 4 members (excludes halogenated alkanes) is 1. The van der Waals surface area contributed by atoms with Gasteiger partial charge in [0.05, 0.1) is 29.9 Å². The lowest BCUT2D eigenvalue weighted by molar-refractivity contribution is 0.102. The first-order valence-electron chi connectivity index (χ1n) is 10.2. The van der Waals surface area contributed by atoms with Crippen molar-refractivity contribution in [1.29, 1.82) is 0 Å². The lowest BCUT2D eigenvalue weighted by Crippen LogP contribution is -2.31. The van der Waals surface area contributed by atoms with Gasteiger partial charge in [0.1, 0.15) is 17.3 Å². The van der Waals surface area contributed by atoms with Crippen molar-refractivity contribution in [2.24, 2.45) is 0 Å². The Morgan fingerprint density at radius 3 is 2.42 bits per heavy atom. The lowest BCUT2D eigenvalue weighted by atomic mass is 10.2. The number of nitrogens with one attached hydrogen (secondary N) is 1. The van der Waals surface area contributed by atoms with Gasteiger partial charge in [-0.05, 0) is 36.8 Å². The molecule has 1 amide bonds. The monoisotopic (exact) mass is 452 g/mol. The third kappa shape index (κ3) is 5.95. The van der Waals surface area contributed by atoms with Crippen molar-refractivity contribution in [2.45, 2.75) is 38.5 Å². The highest BCUT2D eigenvalue weighted by molar-refractivity contribution is 7.89. The van der Waals surface area contributed by atoms with Crippen molar-refractivity contribution in [1.82, 2.24) is 4.31 Å². The van der Waals surface area contributed by atoms with Gasteiger partial charge in [-0.3, -0.25) is 4.79 Å². The minimum absolute atomic E-state index is 0.146. The highest BCUT2D eigenvalue weighted by atomic mass is 32.2. The summed E-state index contributed by atoms with van der Waals surface area (Å²) in [7, 11) is -2.35. The van der Waals surface area contributed by atoms with E-state index in [1.165, 1.54) is 11.4 Å². The highest BCUT2D eigenvalue weighted by Gasteiger charge is 2.24. The molecule has 7 nitrogen and oxygen atoms in total. The summed E-state index contributed by atoms with van der Waals surface area (Å²) in [6.45, 7) is 6.43. The van der Waals surface area contributed by atoms with Crippen molar-refractivity contribution in [3.05, 3.63) is 47.8 Å². The van der Waals surface area contributed by atoms with Gasteiger partial charge in [0.2, 0.25) is 10.0 Å². The van der Waals surface area contributed by atoms with E-state index in [9.17, 15) is 17.6 Å². The average Bonchev–Trinajstić information content (AvgIpc) is 2.75. The molecular weight excluding hydrogens is 423 g/mol. The SMILES string of the molecule is CCCCOc1ccc(OC)cc1NC(=O)c1cc(S(=O)(=O)N(CC)CC)ccc1F. The molecule has 31 heavy (non-hydrogen) atoms. The number of anilines is 1. The van der Waals surface area contributed by atoms with Crippen molar-refractivity contribution in [3.8, 4) is 11.5 Å². The molecule has 0 bridgehead atoms. The van der Waals surface area contributed by atoms with Crippen LogP contribution in [0.2, 0.25) is 0 Å². The number of sulfonamides is 1. The van der Waals surface area contributed by atoms with Crippen LogP contribution in [0.3, 0.4) is 0 Å². The number of hydrogen-bond acceptors (Lipinski definition) is 5. The number of halogens is 1. The lowest BCUT2D eigenvalue weighted by Gasteiger charge is -2.19. The fraction of sp³-hybridized carbons (Fsp3) is 0.409. The fourth-order valence-electron chi connectivity index (χ4n) is 2.93. The molecule has 0 heterocycles. The molecule has 0 saturated heterocycles. The molecule has 0 atom stereocenters. The van der Waals surface area contributed by atoms with Crippen LogP contribution in [0.1, 0.15) is 44.0 Å². The number of nitrogens with zero attached hydrogens (tertiary/aromatic N) is 1. The molecule has 0 unspecified atom stereocenters. The van der Waals surface area contributed by atoms with Crippen molar-refractivity contribution in [2.75, 3.05) is 32.1 Å². The van der Waals surface area contributed by atoms with E-state index in [0.29, 0.717) is 23.8 Å². The van der Waals surface area contributed by atoms with Gasteiger partial charge in [-0.2, -0.15) is 4.31 Å². The van der Waals surface area contributed by atoms with Crippen LogP contribution in [-0.2, 0) is 10.0 Å². The standard InChI is InChI=1S/C22H29FN2O5S/c1-5-8-13-30-21-12-9-16(29-4)14-20(21)24-22(26)18-15-17(10-11-19(18)23)31(27,28)25(6-2)7-3/h9-12,14-15H,5-8,13H2,1-4H3,(H,24,26). The first-order valence-corrected chi connectivity index (χ1v) is 11.6. The quantitative estimate of drug-likeness (QED) is 0.514. The Morgan fingerprint density at radius 2 is 1.81 bits per heavy atom. The molecule has 0 saturated carbocycles. The molecule has 0 radical (unpaired) electrons. The van der Waals surface area contributed by atoms with Crippen LogP contribution >= 0.6 is 0 Å². The van der Waals surface area contributed by atoms with Crippen LogP contribution in [0, 0.1) is 5.82 Å². The molecule has 1 N–H and O–H groups in total. The maximum Gasteiger partial charge on any atom is 0.258 e. The number of carbonyl (C=O) groups is 1. The third-order valence-electron chi connectivity index (χ3n) is 4.72. The Kier molecular flexibility index (Phi) is 8.82. The van der Waals surface area contributed by atoms with Crippen LogP contribution in [0.15, 0.2) is 41.3 Å².